The van der Waals surface area contributed by atoms with Crippen LogP contribution in [0, 0.1) is 11.3 Å². The third-order valence-electron chi connectivity index (χ3n) is 4.32. The molecule has 0 saturated heterocycles. The van der Waals surface area contributed by atoms with Crippen LogP contribution in [0.4, 0.5) is 0 Å². The molecule has 0 bridgehead atoms. The molecule has 25 heavy (non-hydrogen) atoms. The van der Waals surface area contributed by atoms with Crippen molar-refractivity contribution >= 4 is 16.5 Å². The Morgan fingerprint density at radius 2 is 1.80 bits per heavy atom. The topological polar surface area (TPSA) is 55.0 Å². The van der Waals surface area contributed by atoms with Crippen LogP contribution in [0.5, 0.6) is 5.75 Å². The molecule has 1 aliphatic rings. The van der Waals surface area contributed by atoms with E-state index in [1.807, 2.05) is 50.3 Å². The van der Waals surface area contributed by atoms with Crippen molar-refractivity contribution in [1.82, 2.24) is 4.57 Å². The van der Waals surface area contributed by atoms with Gasteiger partial charge in [0.2, 0.25) is 0 Å². The summed E-state index contributed by atoms with van der Waals surface area (Å²) in [5.74, 6) is 0.702. The first kappa shape index (κ1) is 15.2. The second kappa shape index (κ2) is 5.35. The first-order valence-corrected chi connectivity index (χ1v) is 8.06. The third kappa shape index (κ3) is 2.41. The van der Waals surface area contributed by atoms with Crippen LogP contribution in [0.3, 0.4) is 0 Å². The van der Waals surface area contributed by atoms with Gasteiger partial charge in [-0.25, -0.2) is 0 Å². The van der Waals surface area contributed by atoms with Crippen molar-refractivity contribution in [3.05, 3.63) is 82.3 Å². The zero-order chi connectivity index (χ0) is 17.6. The summed E-state index contributed by atoms with van der Waals surface area (Å²) in [7, 11) is 0. The quantitative estimate of drug-likeness (QED) is 0.680. The van der Waals surface area contributed by atoms with Gasteiger partial charge in [0, 0.05) is 28.6 Å². The normalized spacial score (nSPS) is 15.0. The Morgan fingerprint density at radius 3 is 2.52 bits per heavy atom. The first-order chi connectivity index (χ1) is 12.0. The molecule has 0 amide bonds. The van der Waals surface area contributed by atoms with E-state index in [0.29, 0.717) is 11.3 Å². The van der Waals surface area contributed by atoms with Crippen molar-refractivity contribution in [2.75, 3.05) is 0 Å². The van der Waals surface area contributed by atoms with Gasteiger partial charge in [0.15, 0.2) is 0 Å². The van der Waals surface area contributed by atoms with Gasteiger partial charge in [-0.2, -0.15) is 5.26 Å². The van der Waals surface area contributed by atoms with Crippen molar-refractivity contribution in [2.24, 2.45) is 0 Å². The van der Waals surface area contributed by atoms with E-state index < -0.39 is 5.60 Å². The largest absolute Gasteiger partial charge is 0.482 e. The number of rotatable bonds is 1. The summed E-state index contributed by atoms with van der Waals surface area (Å²) < 4.78 is 7.82. The third-order valence-corrected chi connectivity index (χ3v) is 4.32. The zero-order valence-corrected chi connectivity index (χ0v) is 14.0. The first-order valence-electron chi connectivity index (χ1n) is 8.06. The van der Waals surface area contributed by atoms with E-state index in [4.69, 9.17) is 4.74 Å². The lowest BCUT2D eigenvalue weighted by molar-refractivity contribution is 0.160. The summed E-state index contributed by atoms with van der Waals surface area (Å²) in [5, 5.41) is 11.3. The lowest BCUT2D eigenvalue weighted by Crippen LogP contribution is -2.32. The Morgan fingerprint density at radius 1 is 1.08 bits per heavy atom. The molecule has 0 radical (unpaired) electrons. The molecule has 0 fully saturated rings. The molecule has 0 N–H and O–H groups in total. The minimum absolute atomic E-state index is 0.121. The summed E-state index contributed by atoms with van der Waals surface area (Å²) in [6.45, 7) is 3.91. The number of fused-ring (bicyclic) bond motifs is 3. The number of pyridine rings is 1. The van der Waals surface area contributed by atoms with Gasteiger partial charge in [0.25, 0.3) is 5.56 Å². The van der Waals surface area contributed by atoms with Crippen LogP contribution in [-0.2, 0) is 0 Å². The van der Waals surface area contributed by atoms with Crippen LogP contribution >= 0.6 is 0 Å². The highest BCUT2D eigenvalue weighted by molar-refractivity contribution is 5.98. The number of hydrogen-bond acceptors (Lipinski definition) is 3. The number of nitriles is 1. The van der Waals surface area contributed by atoms with Gasteiger partial charge >= 0.3 is 0 Å². The fourth-order valence-corrected chi connectivity index (χ4v) is 3.27. The van der Waals surface area contributed by atoms with Gasteiger partial charge in [0.1, 0.15) is 11.4 Å². The number of benzene rings is 2. The van der Waals surface area contributed by atoms with Crippen LogP contribution in [0.25, 0.3) is 16.5 Å². The highest BCUT2D eigenvalue weighted by Gasteiger charge is 2.30. The van der Waals surface area contributed by atoms with Crippen LogP contribution in [-0.4, -0.2) is 10.2 Å². The fraction of sp³-hybridized carbons (Fsp3) is 0.143. The maximum absolute atomic E-state index is 12.4. The second-order valence-corrected chi connectivity index (χ2v) is 6.60. The molecule has 2 heterocycles. The SMILES string of the molecule is CC1(C)C=C(n2ccccc2=O)c2cc(C#N)c3ccccc3c2O1. The van der Waals surface area contributed by atoms with Gasteiger partial charge in [-0.1, -0.05) is 30.3 Å². The van der Waals surface area contributed by atoms with Crippen molar-refractivity contribution in [3.8, 4) is 11.8 Å². The van der Waals surface area contributed by atoms with Gasteiger partial charge in [0.05, 0.1) is 17.3 Å². The van der Waals surface area contributed by atoms with E-state index >= 15 is 0 Å². The van der Waals surface area contributed by atoms with Crippen LogP contribution < -0.4 is 10.3 Å². The average molecular weight is 328 g/mol. The van der Waals surface area contributed by atoms with E-state index in [1.165, 1.54) is 6.07 Å². The van der Waals surface area contributed by atoms with Crippen molar-refractivity contribution in [2.45, 2.75) is 19.4 Å². The van der Waals surface area contributed by atoms with Gasteiger partial charge in [-0.05, 0) is 32.1 Å². The van der Waals surface area contributed by atoms with Gasteiger partial charge in [-0.15, -0.1) is 0 Å². The second-order valence-electron chi connectivity index (χ2n) is 6.60. The molecule has 0 spiro atoms. The highest BCUT2D eigenvalue weighted by atomic mass is 16.5. The summed E-state index contributed by atoms with van der Waals surface area (Å²) >= 11 is 0. The molecule has 2 aromatic carbocycles. The van der Waals surface area contributed by atoms with Crippen LogP contribution in [0.2, 0.25) is 0 Å². The Bertz CT molecular complexity index is 1130. The van der Waals surface area contributed by atoms with E-state index in [9.17, 15) is 10.1 Å². The lowest BCUT2D eigenvalue weighted by Gasteiger charge is -2.32. The molecule has 1 aromatic heterocycles. The monoisotopic (exact) mass is 328 g/mol. The molecule has 0 saturated carbocycles. The molecule has 3 aromatic rings. The molecular weight excluding hydrogens is 312 g/mol. The molecule has 122 valence electrons. The molecule has 0 unspecified atom stereocenters. The van der Waals surface area contributed by atoms with Crippen molar-refractivity contribution < 1.29 is 4.74 Å². The highest BCUT2D eigenvalue weighted by Crippen LogP contribution is 2.42. The van der Waals surface area contributed by atoms with E-state index in [2.05, 4.69) is 6.07 Å². The lowest BCUT2D eigenvalue weighted by atomic mass is 9.93. The number of nitrogens with zero attached hydrogens (tertiary/aromatic N) is 2. The predicted molar refractivity (Wildman–Crippen MR) is 97.4 cm³/mol. The fourth-order valence-electron chi connectivity index (χ4n) is 3.27. The maximum atomic E-state index is 12.4. The van der Waals surface area contributed by atoms with Crippen LogP contribution in [0.15, 0.2) is 65.6 Å². The van der Waals surface area contributed by atoms with Crippen molar-refractivity contribution in [3.63, 3.8) is 0 Å². The molecule has 1 aliphatic heterocycles. The maximum Gasteiger partial charge on any atom is 0.255 e. The molecule has 4 nitrogen and oxygen atoms in total. The number of hydrogen-bond donors (Lipinski definition) is 0. The molecule has 4 rings (SSSR count). The minimum atomic E-state index is -0.575. The van der Waals surface area contributed by atoms with Gasteiger partial charge < -0.3 is 4.74 Å². The number of ether oxygens (including phenoxy) is 1. The Labute approximate surface area is 145 Å². The Kier molecular flexibility index (Phi) is 3.26. The smallest absolute Gasteiger partial charge is 0.255 e. The standard InChI is InChI=1S/C21H16N2O2/c1-21(2)12-18(23-10-6-5-9-19(23)24)17-11-14(13-22)15-7-3-4-8-16(15)20(17)25-21/h3-12H,1-2H3. The summed E-state index contributed by atoms with van der Waals surface area (Å²) in [6, 6.07) is 16.8. The number of aromatic nitrogens is 1. The average Bonchev–Trinajstić information content (AvgIpc) is 2.60. The summed E-state index contributed by atoms with van der Waals surface area (Å²) in [6.07, 6.45) is 3.66. The van der Waals surface area contributed by atoms with E-state index in [0.717, 1.165) is 22.0 Å². The van der Waals surface area contributed by atoms with Gasteiger partial charge in [-0.3, -0.25) is 9.36 Å². The summed E-state index contributed by atoms with van der Waals surface area (Å²) in [5.41, 5.74) is 1.35. The molecule has 0 aliphatic carbocycles. The Hall–Kier alpha value is -3.32. The molecule has 4 heteroatoms. The zero-order valence-electron chi connectivity index (χ0n) is 14.0. The van der Waals surface area contributed by atoms with Crippen molar-refractivity contribution in [1.29, 1.82) is 5.26 Å². The Balaban J connectivity index is 2.12. The molecular formula is C21H16N2O2. The van der Waals surface area contributed by atoms with Crippen LogP contribution in [0.1, 0.15) is 25.0 Å². The minimum Gasteiger partial charge on any atom is -0.482 e. The predicted octanol–water partition coefficient (Wildman–Crippen LogP) is 3.93. The summed E-state index contributed by atoms with van der Waals surface area (Å²) in [4.78, 5) is 12.4. The van der Waals surface area contributed by atoms with E-state index in [-0.39, 0.29) is 5.56 Å². The molecule has 0 atom stereocenters. The van der Waals surface area contributed by atoms with E-state index in [1.54, 1.807) is 22.9 Å².